The highest BCUT2D eigenvalue weighted by Crippen LogP contribution is 2.22. The van der Waals surface area contributed by atoms with Gasteiger partial charge in [-0.05, 0) is 25.3 Å². The van der Waals surface area contributed by atoms with Crippen LogP contribution < -0.4 is 5.56 Å². The summed E-state index contributed by atoms with van der Waals surface area (Å²) in [4.78, 5) is 31.9. The van der Waals surface area contributed by atoms with Crippen molar-refractivity contribution in [3.05, 3.63) is 51.6 Å². The number of amides is 1. The van der Waals surface area contributed by atoms with Gasteiger partial charge in [0.1, 0.15) is 5.56 Å². The number of nitrogens with zero attached hydrogens (tertiary/aromatic N) is 5. The van der Waals surface area contributed by atoms with Gasteiger partial charge in [-0.15, -0.1) is 11.3 Å². The van der Waals surface area contributed by atoms with E-state index in [9.17, 15) is 9.59 Å². The topological polar surface area (TPSA) is 72.5 Å². The minimum Gasteiger partial charge on any atom is -0.336 e. The standard InChI is InChI=1S/C16H17N5O2S/c1-11-7-18-21(9-11)12-3-2-4-19(10-12)14(22)13-8-17-16-20(15(13)23)5-6-24-16/h5-9,12H,2-4,10H2,1H3/t12-/m1/s1. The molecule has 1 aliphatic rings. The Labute approximate surface area is 142 Å². The van der Waals surface area contributed by atoms with Crippen LogP contribution in [0.3, 0.4) is 0 Å². The van der Waals surface area contributed by atoms with E-state index in [2.05, 4.69) is 10.1 Å². The summed E-state index contributed by atoms with van der Waals surface area (Å²) in [6.07, 6.45) is 8.74. The smallest absolute Gasteiger partial charge is 0.271 e. The fraction of sp³-hybridized carbons (Fsp3) is 0.375. The Balaban J connectivity index is 1.61. The molecule has 0 aliphatic carbocycles. The Morgan fingerprint density at radius 3 is 3.04 bits per heavy atom. The number of fused-ring (bicyclic) bond motifs is 1. The number of rotatable bonds is 2. The van der Waals surface area contributed by atoms with E-state index < -0.39 is 0 Å². The molecule has 0 spiro atoms. The molecule has 0 aromatic carbocycles. The van der Waals surface area contributed by atoms with Gasteiger partial charge in [0.25, 0.3) is 11.5 Å². The number of hydrogen-bond acceptors (Lipinski definition) is 5. The zero-order chi connectivity index (χ0) is 16.7. The Bertz CT molecular complexity index is 957. The fourth-order valence-electron chi connectivity index (χ4n) is 3.13. The van der Waals surface area contributed by atoms with E-state index in [1.165, 1.54) is 21.9 Å². The van der Waals surface area contributed by atoms with Crippen molar-refractivity contribution in [3.8, 4) is 0 Å². The normalized spacial score (nSPS) is 18.2. The molecule has 0 radical (unpaired) electrons. The van der Waals surface area contributed by atoms with Gasteiger partial charge >= 0.3 is 0 Å². The van der Waals surface area contributed by atoms with Crippen LogP contribution in [0.1, 0.15) is 34.8 Å². The van der Waals surface area contributed by atoms with E-state index in [4.69, 9.17) is 0 Å². The molecule has 8 heteroatoms. The summed E-state index contributed by atoms with van der Waals surface area (Å²) in [7, 11) is 0. The largest absolute Gasteiger partial charge is 0.336 e. The number of hydrogen-bond donors (Lipinski definition) is 0. The lowest BCUT2D eigenvalue weighted by molar-refractivity contribution is 0.0670. The van der Waals surface area contributed by atoms with E-state index in [0.717, 1.165) is 18.4 Å². The second-order valence-corrected chi connectivity index (χ2v) is 6.95. The second-order valence-electron chi connectivity index (χ2n) is 6.08. The maximum absolute atomic E-state index is 12.8. The van der Waals surface area contributed by atoms with Gasteiger partial charge in [0, 0.05) is 37.1 Å². The number of piperidine rings is 1. The van der Waals surface area contributed by atoms with Crippen LogP contribution in [-0.4, -0.2) is 43.1 Å². The van der Waals surface area contributed by atoms with Crippen molar-refractivity contribution in [1.29, 1.82) is 0 Å². The van der Waals surface area contributed by atoms with Crippen molar-refractivity contribution >= 4 is 22.2 Å². The number of thiazole rings is 1. The number of aromatic nitrogens is 4. The average molecular weight is 343 g/mol. The van der Waals surface area contributed by atoms with Crippen LogP contribution in [0.4, 0.5) is 0 Å². The average Bonchev–Trinajstić information content (AvgIpc) is 3.24. The van der Waals surface area contributed by atoms with Crippen molar-refractivity contribution in [2.45, 2.75) is 25.8 Å². The number of carbonyl (C=O) groups is 1. The summed E-state index contributed by atoms with van der Waals surface area (Å²) in [6.45, 7) is 3.21. The first kappa shape index (κ1) is 15.1. The van der Waals surface area contributed by atoms with Crippen LogP contribution >= 0.6 is 11.3 Å². The van der Waals surface area contributed by atoms with E-state index in [1.54, 1.807) is 16.5 Å². The monoisotopic (exact) mass is 343 g/mol. The van der Waals surface area contributed by atoms with Crippen molar-refractivity contribution in [3.63, 3.8) is 0 Å². The lowest BCUT2D eigenvalue weighted by Crippen LogP contribution is -2.43. The van der Waals surface area contributed by atoms with Crippen molar-refractivity contribution < 1.29 is 4.79 Å². The molecule has 24 heavy (non-hydrogen) atoms. The Kier molecular flexibility index (Phi) is 3.68. The number of carbonyl (C=O) groups excluding carboxylic acids is 1. The van der Waals surface area contributed by atoms with Crippen molar-refractivity contribution in [2.75, 3.05) is 13.1 Å². The number of likely N-dealkylation sites (tertiary alicyclic amines) is 1. The first-order valence-corrected chi connectivity index (χ1v) is 8.76. The van der Waals surface area contributed by atoms with Gasteiger partial charge in [0.2, 0.25) is 0 Å². The number of aryl methyl sites for hydroxylation is 1. The summed E-state index contributed by atoms with van der Waals surface area (Å²) in [6, 6.07) is 0.150. The molecule has 3 aromatic heterocycles. The van der Waals surface area contributed by atoms with Crippen LogP contribution in [0.2, 0.25) is 0 Å². The molecule has 7 nitrogen and oxygen atoms in total. The molecule has 1 aliphatic heterocycles. The summed E-state index contributed by atoms with van der Waals surface area (Å²) in [5.41, 5.74) is 0.926. The molecule has 124 valence electrons. The minimum atomic E-state index is -0.302. The summed E-state index contributed by atoms with van der Waals surface area (Å²) in [5.74, 6) is -0.248. The first-order valence-electron chi connectivity index (χ1n) is 7.88. The van der Waals surface area contributed by atoms with Crippen molar-refractivity contribution in [2.24, 2.45) is 0 Å². The van der Waals surface area contributed by atoms with Gasteiger partial charge in [0.05, 0.1) is 12.2 Å². The maximum atomic E-state index is 12.8. The molecule has 4 heterocycles. The van der Waals surface area contributed by atoms with E-state index in [1.807, 2.05) is 24.0 Å². The molecule has 0 unspecified atom stereocenters. The van der Waals surface area contributed by atoms with Gasteiger partial charge in [-0.1, -0.05) is 0 Å². The van der Waals surface area contributed by atoms with Crippen LogP contribution in [0.5, 0.6) is 0 Å². The zero-order valence-electron chi connectivity index (χ0n) is 13.3. The van der Waals surface area contributed by atoms with Gasteiger partial charge in [-0.3, -0.25) is 18.7 Å². The second kappa shape index (κ2) is 5.86. The Morgan fingerprint density at radius 1 is 1.38 bits per heavy atom. The van der Waals surface area contributed by atoms with Gasteiger partial charge < -0.3 is 4.90 Å². The Hall–Kier alpha value is -2.48. The van der Waals surface area contributed by atoms with Gasteiger partial charge in [0.15, 0.2) is 4.96 Å². The summed E-state index contributed by atoms with van der Waals surface area (Å²) in [5, 5.41) is 6.15. The molecule has 3 aromatic rings. The maximum Gasteiger partial charge on any atom is 0.271 e. The van der Waals surface area contributed by atoms with Gasteiger partial charge in [-0.2, -0.15) is 5.10 Å². The molecule has 4 rings (SSSR count). The Morgan fingerprint density at radius 2 is 2.25 bits per heavy atom. The lowest BCUT2D eigenvalue weighted by atomic mass is 10.1. The van der Waals surface area contributed by atoms with Crippen LogP contribution in [0, 0.1) is 6.92 Å². The summed E-state index contributed by atoms with van der Waals surface area (Å²) < 4.78 is 3.35. The van der Waals surface area contributed by atoms with Gasteiger partial charge in [-0.25, -0.2) is 4.98 Å². The molecule has 0 N–H and O–H groups in total. The molecule has 1 saturated heterocycles. The third-order valence-electron chi connectivity index (χ3n) is 4.36. The fourth-order valence-corrected chi connectivity index (χ4v) is 3.80. The first-order chi connectivity index (χ1) is 11.6. The quantitative estimate of drug-likeness (QED) is 0.710. The lowest BCUT2D eigenvalue weighted by Gasteiger charge is -2.32. The SMILES string of the molecule is Cc1cnn([C@@H]2CCCN(C(=O)c3cnc4sccn4c3=O)C2)c1. The zero-order valence-corrected chi connectivity index (χ0v) is 14.1. The third-order valence-corrected chi connectivity index (χ3v) is 5.13. The van der Waals surface area contributed by atoms with Crippen LogP contribution in [-0.2, 0) is 0 Å². The predicted octanol–water partition coefficient (Wildman–Crippen LogP) is 1.74. The molecule has 0 saturated carbocycles. The molecule has 0 bridgehead atoms. The molecule has 1 atom stereocenters. The van der Waals surface area contributed by atoms with E-state index in [-0.39, 0.29) is 23.1 Å². The van der Waals surface area contributed by atoms with E-state index >= 15 is 0 Å². The molecular formula is C16H17N5O2S. The highest BCUT2D eigenvalue weighted by atomic mass is 32.1. The highest BCUT2D eigenvalue weighted by molar-refractivity contribution is 7.15. The molecule has 1 fully saturated rings. The summed E-state index contributed by atoms with van der Waals surface area (Å²) >= 11 is 1.37. The van der Waals surface area contributed by atoms with Crippen LogP contribution in [0.15, 0.2) is 35.0 Å². The van der Waals surface area contributed by atoms with E-state index in [0.29, 0.717) is 18.1 Å². The van der Waals surface area contributed by atoms with Crippen LogP contribution in [0.25, 0.3) is 4.96 Å². The highest BCUT2D eigenvalue weighted by Gasteiger charge is 2.27. The third kappa shape index (κ3) is 2.52. The molecular weight excluding hydrogens is 326 g/mol. The minimum absolute atomic E-state index is 0.128. The molecule has 1 amide bonds. The van der Waals surface area contributed by atoms with Crippen molar-refractivity contribution in [1.82, 2.24) is 24.1 Å². The predicted molar refractivity (Wildman–Crippen MR) is 90.5 cm³/mol.